The van der Waals surface area contributed by atoms with Gasteiger partial charge in [-0.2, -0.15) is 0 Å². The summed E-state index contributed by atoms with van der Waals surface area (Å²) in [5.74, 6) is 0.188. The summed E-state index contributed by atoms with van der Waals surface area (Å²) in [6.45, 7) is 13.3. The molecule has 0 spiro atoms. The van der Waals surface area contributed by atoms with Crippen molar-refractivity contribution in [1.29, 1.82) is 0 Å². The first-order valence-corrected chi connectivity index (χ1v) is 5.64. The number of rotatable bonds is 1. The van der Waals surface area contributed by atoms with Gasteiger partial charge in [-0.15, -0.1) is 0 Å². The molecule has 0 amide bonds. The molecule has 2 aromatic rings. The lowest BCUT2D eigenvalue weighted by atomic mass is 9.92. The highest BCUT2D eigenvalue weighted by Crippen LogP contribution is 2.32. The molecule has 0 N–H and O–H groups in total. The molecular weight excluding hydrogens is 229 g/mol. The van der Waals surface area contributed by atoms with Gasteiger partial charge in [0.15, 0.2) is 6.33 Å². The van der Waals surface area contributed by atoms with Gasteiger partial charge < -0.3 is 4.85 Å². The summed E-state index contributed by atoms with van der Waals surface area (Å²) < 4.78 is 14.6. The molecule has 92 valence electrons. The van der Waals surface area contributed by atoms with Gasteiger partial charge in [0.1, 0.15) is 11.5 Å². The highest BCUT2D eigenvalue weighted by Gasteiger charge is 2.24. The molecule has 0 fully saturated rings. The predicted octanol–water partition coefficient (Wildman–Crippen LogP) is 3.86. The summed E-state index contributed by atoms with van der Waals surface area (Å²) in [7, 11) is 0. The maximum absolute atomic E-state index is 12.9. The number of imidazole rings is 1. The maximum Gasteiger partial charge on any atom is 0.258 e. The molecule has 4 heteroatoms. The van der Waals surface area contributed by atoms with Crippen molar-refractivity contribution in [1.82, 2.24) is 9.55 Å². The Morgan fingerprint density at radius 1 is 1.22 bits per heavy atom. The van der Waals surface area contributed by atoms with E-state index in [0.717, 1.165) is 11.4 Å². The molecule has 18 heavy (non-hydrogen) atoms. The summed E-state index contributed by atoms with van der Waals surface area (Å²) in [6.07, 6.45) is 1.61. The summed E-state index contributed by atoms with van der Waals surface area (Å²) in [6, 6.07) is 6.02. The van der Waals surface area contributed by atoms with E-state index in [4.69, 9.17) is 6.57 Å². The van der Waals surface area contributed by atoms with Crippen LogP contribution in [0.3, 0.4) is 0 Å². The minimum atomic E-state index is -0.292. The molecule has 0 atom stereocenters. The van der Waals surface area contributed by atoms with Crippen molar-refractivity contribution in [3.63, 3.8) is 0 Å². The molecule has 1 heterocycles. The predicted molar refractivity (Wildman–Crippen MR) is 68.5 cm³/mol. The zero-order chi connectivity index (χ0) is 13.3. The molecule has 0 aliphatic rings. The highest BCUT2D eigenvalue weighted by atomic mass is 19.1. The highest BCUT2D eigenvalue weighted by molar-refractivity contribution is 5.52. The Hall–Kier alpha value is -2.15. The first kappa shape index (κ1) is 12.3. The lowest BCUT2D eigenvalue weighted by Crippen LogP contribution is -2.11. The van der Waals surface area contributed by atoms with Gasteiger partial charge >= 0.3 is 0 Å². The quantitative estimate of drug-likeness (QED) is 0.697. The van der Waals surface area contributed by atoms with E-state index in [1.165, 1.54) is 12.1 Å². The molecule has 0 aliphatic carbocycles. The third-order valence-corrected chi connectivity index (χ3v) is 2.66. The Bertz CT molecular complexity index is 597. The third kappa shape index (κ3) is 2.12. The first-order valence-electron chi connectivity index (χ1n) is 5.64. The standard InChI is InChI=1S/C14H14FN3/c1-14(2,3)12-13(16-4)18(9-17-12)11-7-5-10(15)6-8-11/h5-9H,1-3H3. The first-order chi connectivity index (χ1) is 8.43. The molecule has 0 aliphatic heterocycles. The molecule has 0 saturated heterocycles. The van der Waals surface area contributed by atoms with Crippen LogP contribution in [0.5, 0.6) is 0 Å². The topological polar surface area (TPSA) is 22.2 Å². The summed E-state index contributed by atoms with van der Waals surface area (Å²) >= 11 is 0. The number of hydrogen-bond donors (Lipinski definition) is 0. The molecule has 0 unspecified atom stereocenters. The van der Waals surface area contributed by atoms with Crippen molar-refractivity contribution in [2.45, 2.75) is 26.2 Å². The third-order valence-electron chi connectivity index (χ3n) is 2.66. The molecule has 0 saturated carbocycles. The van der Waals surface area contributed by atoms with E-state index < -0.39 is 0 Å². The number of nitrogens with zero attached hydrogens (tertiary/aromatic N) is 3. The van der Waals surface area contributed by atoms with Crippen LogP contribution in [0.1, 0.15) is 26.5 Å². The summed E-state index contributed by atoms with van der Waals surface area (Å²) in [5.41, 5.74) is 1.30. The van der Waals surface area contributed by atoms with Gasteiger partial charge in [0.05, 0.1) is 5.69 Å². The summed E-state index contributed by atoms with van der Waals surface area (Å²) in [5, 5.41) is 0. The van der Waals surface area contributed by atoms with Gasteiger partial charge in [0.25, 0.3) is 5.82 Å². The normalized spacial score (nSPS) is 11.3. The molecule has 0 bridgehead atoms. The summed E-state index contributed by atoms with van der Waals surface area (Å²) in [4.78, 5) is 7.86. The Kier molecular flexibility index (Phi) is 2.92. The number of hydrogen-bond acceptors (Lipinski definition) is 1. The van der Waals surface area contributed by atoms with Crippen molar-refractivity contribution in [3.05, 3.63) is 53.5 Å². The zero-order valence-corrected chi connectivity index (χ0v) is 10.6. The van der Waals surface area contributed by atoms with E-state index in [-0.39, 0.29) is 11.2 Å². The van der Waals surface area contributed by atoms with Crippen LogP contribution in [-0.4, -0.2) is 9.55 Å². The lowest BCUT2D eigenvalue weighted by Gasteiger charge is -2.16. The minimum Gasteiger partial charge on any atom is -0.362 e. The van der Waals surface area contributed by atoms with Gasteiger partial charge in [-0.25, -0.2) is 13.9 Å². The van der Waals surface area contributed by atoms with Crippen LogP contribution in [0, 0.1) is 12.4 Å². The fraction of sp³-hybridized carbons (Fsp3) is 0.286. The van der Waals surface area contributed by atoms with Crippen LogP contribution >= 0.6 is 0 Å². The van der Waals surface area contributed by atoms with E-state index in [9.17, 15) is 4.39 Å². The van der Waals surface area contributed by atoms with Gasteiger partial charge in [-0.1, -0.05) is 27.3 Å². The molecule has 0 radical (unpaired) electrons. The van der Waals surface area contributed by atoms with E-state index >= 15 is 0 Å². The van der Waals surface area contributed by atoms with Crippen molar-refractivity contribution in [2.75, 3.05) is 0 Å². The average molecular weight is 243 g/mol. The van der Waals surface area contributed by atoms with Crippen molar-refractivity contribution in [3.8, 4) is 5.69 Å². The number of halogens is 1. The van der Waals surface area contributed by atoms with E-state index in [0.29, 0.717) is 5.82 Å². The van der Waals surface area contributed by atoms with Crippen molar-refractivity contribution in [2.24, 2.45) is 0 Å². The second-order valence-corrected chi connectivity index (χ2v) is 5.13. The Morgan fingerprint density at radius 3 is 2.33 bits per heavy atom. The van der Waals surface area contributed by atoms with Gasteiger partial charge in [0, 0.05) is 0 Å². The number of benzene rings is 1. The van der Waals surface area contributed by atoms with Crippen LogP contribution in [0.25, 0.3) is 10.5 Å². The lowest BCUT2D eigenvalue weighted by molar-refractivity contribution is 0.575. The fourth-order valence-electron chi connectivity index (χ4n) is 1.77. The van der Waals surface area contributed by atoms with Crippen LogP contribution in [0.2, 0.25) is 0 Å². The van der Waals surface area contributed by atoms with Crippen molar-refractivity contribution >= 4 is 5.82 Å². The van der Waals surface area contributed by atoms with Crippen LogP contribution in [0.4, 0.5) is 10.2 Å². The van der Waals surface area contributed by atoms with E-state index in [2.05, 4.69) is 9.83 Å². The van der Waals surface area contributed by atoms with Gasteiger partial charge in [-0.3, -0.25) is 0 Å². The minimum absolute atomic E-state index is 0.189. The smallest absolute Gasteiger partial charge is 0.258 e. The second-order valence-electron chi connectivity index (χ2n) is 5.13. The van der Waals surface area contributed by atoms with Gasteiger partial charge in [0.2, 0.25) is 0 Å². The zero-order valence-electron chi connectivity index (χ0n) is 10.6. The Balaban J connectivity index is 2.57. The number of aromatic nitrogens is 2. The molecule has 1 aromatic carbocycles. The van der Waals surface area contributed by atoms with Gasteiger partial charge in [-0.05, 0) is 29.7 Å². The maximum atomic E-state index is 12.9. The Morgan fingerprint density at radius 2 is 1.83 bits per heavy atom. The largest absolute Gasteiger partial charge is 0.362 e. The fourth-order valence-corrected chi connectivity index (χ4v) is 1.77. The second kappa shape index (κ2) is 4.26. The monoisotopic (exact) mass is 243 g/mol. The van der Waals surface area contributed by atoms with Crippen molar-refractivity contribution < 1.29 is 4.39 Å². The SMILES string of the molecule is [C-]#[N+]c1c(C(C)(C)C)ncn1-c1ccc(F)cc1. The molecule has 2 rings (SSSR count). The molecular formula is C14H14FN3. The van der Waals surface area contributed by atoms with Crippen LogP contribution < -0.4 is 0 Å². The van der Waals surface area contributed by atoms with E-state index in [1.807, 2.05) is 20.8 Å². The molecule has 3 nitrogen and oxygen atoms in total. The average Bonchev–Trinajstić information content (AvgIpc) is 2.73. The van der Waals surface area contributed by atoms with E-state index in [1.54, 1.807) is 23.0 Å². The Labute approximate surface area is 106 Å². The van der Waals surface area contributed by atoms with Crippen LogP contribution in [-0.2, 0) is 5.41 Å². The molecule has 1 aromatic heterocycles. The van der Waals surface area contributed by atoms with Crippen LogP contribution in [0.15, 0.2) is 30.6 Å².